The van der Waals surface area contributed by atoms with E-state index in [1.54, 1.807) is 7.11 Å². The van der Waals surface area contributed by atoms with Crippen molar-refractivity contribution in [2.45, 2.75) is 25.0 Å². The molecule has 0 heterocycles. The minimum Gasteiger partial charge on any atom is -0.385 e. The first-order chi connectivity index (χ1) is 3.77. The van der Waals surface area contributed by atoms with Gasteiger partial charge in [-0.2, -0.15) is 12.6 Å². The molecule has 0 aromatic heterocycles. The summed E-state index contributed by atoms with van der Waals surface area (Å²) in [4.78, 5) is 0. The molecular formula is C6H14OS. The van der Waals surface area contributed by atoms with Crippen molar-refractivity contribution in [3.8, 4) is 0 Å². The number of rotatable bonds is 4. The van der Waals surface area contributed by atoms with Crippen LogP contribution in [0.15, 0.2) is 0 Å². The highest BCUT2D eigenvalue weighted by Gasteiger charge is 1.91. The predicted octanol–water partition coefficient (Wildman–Crippen LogP) is 1.73. The van der Waals surface area contributed by atoms with Gasteiger partial charge in [-0.3, -0.25) is 0 Å². The van der Waals surface area contributed by atoms with Crippen molar-refractivity contribution in [2.75, 3.05) is 13.7 Å². The molecule has 0 saturated carbocycles. The standard InChI is InChI=1S/C6H14OS/c1-6(8)4-3-5-7-2/h6,8H,3-5H2,1-2H3. The zero-order chi connectivity index (χ0) is 6.41. The molecule has 0 aliphatic heterocycles. The molecule has 0 fully saturated rings. The molecule has 0 amide bonds. The van der Waals surface area contributed by atoms with Gasteiger partial charge < -0.3 is 4.74 Å². The summed E-state index contributed by atoms with van der Waals surface area (Å²) in [5.41, 5.74) is 0. The fraction of sp³-hybridized carbons (Fsp3) is 1.00. The Morgan fingerprint density at radius 3 is 2.62 bits per heavy atom. The second-order valence-electron chi connectivity index (χ2n) is 1.98. The van der Waals surface area contributed by atoms with Gasteiger partial charge in [0.15, 0.2) is 0 Å². The summed E-state index contributed by atoms with van der Waals surface area (Å²) in [6, 6.07) is 0. The van der Waals surface area contributed by atoms with Gasteiger partial charge in [0.25, 0.3) is 0 Å². The van der Waals surface area contributed by atoms with Crippen LogP contribution in [-0.4, -0.2) is 19.0 Å². The van der Waals surface area contributed by atoms with Crippen molar-refractivity contribution in [2.24, 2.45) is 0 Å². The van der Waals surface area contributed by atoms with Gasteiger partial charge in [0, 0.05) is 13.7 Å². The molecule has 1 nitrogen and oxygen atoms in total. The van der Waals surface area contributed by atoms with Crippen molar-refractivity contribution in [3.63, 3.8) is 0 Å². The van der Waals surface area contributed by atoms with Gasteiger partial charge in [0.2, 0.25) is 0 Å². The zero-order valence-electron chi connectivity index (χ0n) is 5.55. The third kappa shape index (κ3) is 6.31. The lowest BCUT2D eigenvalue weighted by atomic mass is 10.3. The highest BCUT2D eigenvalue weighted by atomic mass is 32.1. The van der Waals surface area contributed by atoms with E-state index in [0.717, 1.165) is 19.4 Å². The molecule has 1 atom stereocenters. The second-order valence-corrected chi connectivity index (χ2v) is 2.87. The predicted molar refractivity (Wildman–Crippen MR) is 39.6 cm³/mol. The Kier molecular flexibility index (Phi) is 5.66. The minimum absolute atomic E-state index is 0.519. The molecule has 0 aliphatic rings. The average molecular weight is 134 g/mol. The van der Waals surface area contributed by atoms with Crippen LogP contribution in [0.25, 0.3) is 0 Å². The number of thiol groups is 1. The maximum atomic E-state index is 4.86. The molecule has 50 valence electrons. The van der Waals surface area contributed by atoms with Crippen molar-refractivity contribution >= 4 is 12.6 Å². The Morgan fingerprint density at radius 2 is 2.25 bits per heavy atom. The van der Waals surface area contributed by atoms with E-state index in [2.05, 4.69) is 19.6 Å². The van der Waals surface area contributed by atoms with Crippen LogP contribution in [0.3, 0.4) is 0 Å². The largest absolute Gasteiger partial charge is 0.385 e. The lowest BCUT2D eigenvalue weighted by Gasteiger charge is -2.00. The molecule has 0 N–H and O–H groups in total. The van der Waals surface area contributed by atoms with E-state index in [0.29, 0.717) is 5.25 Å². The number of methoxy groups -OCH3 is 1. The molecule has 1 unspecified atom stereocenters. The van der Waals surface area contributed by atoms with Gasteiger partial charge in [-0.1, -0.05) is 6.92 Å². The molecule has 2 heteroatoms. The third-order valence-corrected chi connectivity index (χ3v) is 1.23. The van der Waals surface area contributed by atoms with Crippen LogP contribution >= 0.6 is 12.6 Å². The normalized spacial score (nSPS) is 13.9. The zero-order valence-corrected chi connectivity index (χ0v) is 6.45. The lowest BCUT2D eigenvalue weighted by Crippen LogP contribution is -1.94. The lowest BCUT2D eigenvalue weighted by molar-refractivity contribution is 0.193. The Morgan fingerprint density at radius 1 is 1.62 bits per heavy atom. The first kappa shape index (κ1) is 8.31. The third-order valence-electron chi connectivity index (χ3n) is 0.970. The maximum Gasteiger partial charge on any atom is 0.0462 e. The fourth-order valence-electron chi connectivity index (χ4n) is 0.523. The summed E-state index contributed by atoms with van der Waals surface area (Å²) in [6.45, 7) is 2.96. The van der Waals surface area contributed by atoms with E-state index in [1.807, 2.05) is 0 Å². The molecule has 0 rings (SSSR count). The van der Waals surface area contributed by atoms with Crippen molar-refractivity contribution in [1.29, 1.82) is 0 Å². The van der Waals surface area contributed by atoms with Crippen LogP contribution in [0, 0.1) is 0 Å². The first-order valence-electron chi connectivity index (χ1n) is 2.94. The summed E-state index contributed by atoms with van der Waals surface area (Å²) in [5.74, 6) is 0. The van der Waals surface area contributed by atoms with E-state index < -0.39 is 0 Å². The molecular weight excluding hydrogens is 120 g/mol. The van der Waals surface area contributed by atoms with Crippen molar-refractivity contribution in [3.05, 3.63) is 0 Å². The molecule has 0 bridgehead atoms. The molecule has 0 aromatic carbocycles. The molecule has 0 saturated heterocycles. The van der Waals surface area contributed by atoms with Crippen LogP contribution < -0.4 is 0 Å². The number of ether oxygens (including phenoxy) is 1. The highest BCUT2D eigenvalue weighted by molar-refractivity contribution is 7.80. The van der Waals surface area contributed by atoms with E-state index >= 15 is 0 Å². The quantitative estimate of drug-likeness (QED) is 0.455. The minimum atomic E-state index is 0.519. The van der Waals surface area contributed by atoms with Crippen LogP contribution in [0.1, 0.15) is 19.8 Å². The van der Waals surface area contributed by atoms with Crippen molar-refractivity contribution in [1.82, 2.24) is 0 Å². The second kappa shape index (κ2) is 5.45. The van der Waals surface area contributed by atoms with Crippen molar-refractivity contribution < 1.29 is 4.74 Å². The Labute approximate surface area is 56.8 Å². The fourth-order valence-corrected chi connectivity index (χ4v) is 0.706. The van der Waals surface area contributed by atoms with Gasteiger partial charge in [0.1, 0.15) is 0 Å². The Balaban J connectivity index is 2.72. The molecule has 8 heavy (non-hydrogen) atoms. The van der Waals surface area contributed by atoms with Crippen LogP contribution in [0.4, 0.5) is 0 Å². The van der Waals surface area contributed by atoms with Gasteiger partial charge in [0.05, 0.1) is 0 Å². The van der Waals surface area contributed by atoms with Gasteiger partial charge >= 0.3 is 0 Å². The molecule has 0 radical (unpaired) electrons. The smallest absolute Gasteiger partial charge is 0.0462 e. The number of hydrogen-bond donors (Lipinski definition) is 1. The van der Waals surface area contributed by atoms with E-state index in [-0.39, 0.29) is 0 Å². The summed E-state index contributed by atoms with van der Waals surface area (Å²) in [5, 5.41) is 0.519. The monoisotopic (exact) mass is 134 g/mol. The summed E-state index contributed by atoms with van der Waals surface area (Å²) >= 11 is 4.22. The maximum absolute atomic E-state index is 4.86. The average Bonchev–Trinajstić information content (AvgIpc) is 1.66. The van der Waals surface area contributed by atoms with E-state index in [1.165, 1.54) is 0 Å². The summed E-state index contributed by atoms with van der Waals surface area (Å²) in [6.07, 6.45) is 2.28. The molecule has 0 aliphatic carbocycles. The van der Waals surface area contributed by atoms with E-state index in [9.17, 15) is 0 Å². The topological polar surface area (TPSA) is 9.23 Å². The highest BCUT2D eigenvalue weighted by Crippen LogP contribution is 2.01. The van der Waals surface area contributed by atoms with Crippen LogP contribution in [0.5, 0.6) is 0 Å². The van der Waals surface area contributed by atoms with E-state index in [4.69, 9.17) is 4.74 Å². The Bertz CT molecular complexity index is 45.8. The van der Waals surface area contributed by atoms with Gasteiger partial charge in [-0.15, -0.1) is 0 Å². The Hall–Kier alpha value is 0.310. The summed E-state index contributed by atoms with van der Waals surface area (Å²) < 4.78 is 4.86. The number of hydrogen-bond acceptors (Lipinski definition) is 2. The van der Waals surface area contributed by atoms with Crippen LogP contribution in [-0.2, 0) is 4.74 Å². The van der Waals surface area contributed by atoms with Gasteiger partial charge in [-0.05, 0) is 18.1 Å². The van der Waals surface area contributed by atoms with Gasteiger partial charge in [-0.25, -0.2) is 0 Å². The first-order valence-corrected chi connectivity index (χ1v) is 3.46. The summed E-state index contributed by atoms with van der Waals surface area (Å²) in [7, 11) is 1.73. The SMILES string of the molecule is COCCCC(C)S. The molecule has 0 aromatic rings. The van der Waals surface area contributed by atoms with Crippen LogP contribution in [0.2, 0.25) is 0 Å². The molecule has 0 spiro atoms.